The average molecular weight is 350 g/mol. The van der Waals surface area contributed by atoms with Gasteiger partial charge in [0.15, 0.2) is 17.7 Å². The van der Waals surface area contributed by atoms with Crippen LogP contribution in [-0.2, 0) is 11.3 Å². The molecule has 0 radical (unpaired) electrons. The van der Waals surface area contributed by atoms with E-state index in [-0.39, 0.29) is 5.56 Å². The van der Waals surface area contributed by atoms with E-state index in [9.17, 15) is 18.7 Å². The highest BCUT2D eigenvalue weighted by atomic mass is 19.2. The number of amides is 1. The van der Waals surface area contributed by atoms with E-state index in [1.165, 1.54) is 17.0 Å². The molecule has 2 heterocycles. The standard InChI is InChI=1S/C18H20F2N2O3/c19-15-6-1-5-14(16(15)20)17(23)18(24)22-8-3-7-21(9-10-22)12-13-4-2-11-25-13/h1-2,4-6,11,17,23H,3,7-10,12H2. The number of halogens is 2. The Labute approximate surface area is 144 Å². The van der Waals surface area contributed by atoms with Crippen LogP contribution in [0, 0.1) is 11.6 Å². The van der Waals surface area contributed by atoms with Crippen LogP contribution in [0.25, 0.3) is 0 Å². The molecule has 1 amide bonds. The first-order valence-electron chi connectivity index (χ1n) is 8.22. The van der Waals surface area contributed by atoms with Gasteiger partial charge < -0.3 is 14.4 Å². The van der Waals surface area contributed by atoms with Gasteiger partial charge in [-0.3, -0.25) is 9.69 Å². The Bertz CT molecular complexity index is 721. The summed E-state index contributed by atoms with van der Waals surface area (Å²) in [6.07, 6.45) is 0.643. The molecular weight excluding hydrogens is 330 g/mol. The third kappa shape index (κ3) is 4.05. The predicted octanol–water partition coefficient (Wildman–Crippen LogP) is 2.33. The summed E-state index contributed by atoms with van der Waals surface area (Å²) in [5.74, 6) is -2.02. The van der Waals surface area contributed by atoms with Gasteiger partial charge in [-0.25, -0.2) is 8.78 Å². The lowest BCUT2D eigenvalue weighted by Crippen LogP contribution is -2.38. The van der Waals surface area contributed by atoms with Crippen LogP contribution in [0.2, 0.25) is 0 Å². The van der Waals surface area contributed by atoms with Crippen LogP contribution >= 0.6 is 0 Å². The first-order chi connectivity index (χ1) is 12.1. The van der Waals surface area contributed by atoms with E-state index in [0.29, 0.717) is 26.2 Å². The highest BCUT2D eigenvalue weighted by Gasteiger charge is 2.28. The molecule has 1 unspecified atom stereocenters. The van der Waals surface area contributed by atoms with Crippen molar-refractivity contribution in [1.29, 1.82) is 0 Å². The summed E-state index contributed by atoms with van der Waals surface area (Å²) in [4.78, 5) is 16.1. The number of aliphatic hydroxyl groups is 1. The zero-order valence-electron chi connectivity index (χ0n) is 13.7. The normalized spacial score (nSPS) is 17.3. The fourth-order valence-corrected chi connectivity index (χ4v) is 3.01. The van der Waals surface area contributed by atoms with Crippen LogP contribution in [0.3, 0.4) is 0 Å². The van der Waals surface area contributed by atoms with Crippen LogP contribution in [0.4, 0.5) is 8.78 Å². The largest absolute Gasteiger partial charge is 0.468 e. The third-order valence-corrected chi connectivity index (χ3v) is 4.37. The van der Waals surface area contributed by atoms with E-state index in [4.69, 9.17) is 4.42 Å². The van der Waals surface area contributed by atoms with Gasteiger partial charge in [-0.15, -0.1) is 0 Å². The van der Waals surface area contributed by atoms with Crippen molar-refractivity contribution in [3.8, 4) is 0 Å². The lowest BCUT2D eigenvalue weighted by molar-refractivity contribution is -0.140. The fourth-order valence-electron chi connectivity index (χ4n) is 3.01. The number of carbonyl (C=O) groups excluding carboxylic acids is 1. The molecule has 1 aromatic heterocycles. The topological polar surface area (TPSA) is 56.9 Å². The first kappa shape index (κ1) is 17.6. The number of furan rings is 1. The van der Waals surface area contributed by atoms with Crippen LogP contribution in [0.5, 0.6) is 0 Å². The van der Waals surface area contributed by atoms with E-state index in [0.717, 1.165) is 24.8 Å². The number of nitrogens with zero attached hydrogens (tertiary/aromatic N) is 2. The minimum atomic E-state index is -1.70. The predicted molar refractivity (Wildman–Crippen MR) is 86.5 cm³/mol. The Kier molecular flexibility index (Phi) is 5.45. The molecule has 0 saturated carbocycles. The van der Waals surface area contributed by atoms with Crippen LogP contribution < -0.4 is 0 Å². The summed E-state index contributed by atoms with van der Waals surface area (Å²) < 4.78 is 32.5. The van der Waals surface area contributed by atoms with Crippen molar-refractivity contribution in [2.45, 2.75) is 19.1 Å². The van der Waals surface area contributed by atoms with Gasteiger partial charge in [0, 0.05) is 31.7 Å². The number of hydrogen-bond acceptors (Lipinski definition) is 4. The third-order valence-electron chi connectivity index (χ3n) is 4.37. The van der Waals surface area contributed by atoms with Gasteiger partial charge in [0.05, 0.1) is 12.8 Å². The van der Waals surface area contributed by atoms with E-state index < -0.39 is 23.6 Å². The molecular formula is C18H20F2N2O3. The fraction of sp³-hybridized carbons (Fsp3) is 0.389. The molecule has 25 heavy (non-hydrogen) atoms. The first-order valence-corrected chi connectivity index (χ1v) is 8.22. The Morgan fingerprint density at radius 2 is 2.00 bits per heavy atom. The number of aliphatic hydroxyl groups excluding tert-OH is 1. The minimum absolute atomic E-state index is 0.332. The Balaban J connectivity index is 1.63. The molecule has 1 fully saturated rings. The number of rotatable bonds is 4. The van der Waals surface area contributed by atoms with Crippen molar-refractivity contribution in [3.05, 3.63) is 59.6 Å². The Morgan fingerprint density at radius 1 is 1.16 bits per heavy atom. The molecule has 1 aromatic carbocycles. The highest BCUT2D eigenvalue weighted by Crippen LogP contribution is 2.22. The quantitative estimate of drug-likeness (QED) is 0.920. The number of benzene rings is 1. The second-order valence-corrected chi connectivity index (χ2v) is 6.08. The molecule has 3 rings (SSSR count). The van der Waals surface area contributed by atoms with Gasteiger partial charge in [-0.1, -0.05) is 12.1 Å². The number of carbonyl (C=O) groups is 1. The van der Waals surface area contributed by atoms with Crippen LogP contribution in [-0.4, -0.2) is 47.0 Å². The maximum atomic E-state index is 13.8. The van der Waals surface area contributed by atoms with Crippen molar-refractivity contribution < 1.29 is 23.1 Å². The van der Waals surface area contributed by atoms with E-state index in [1.807, 2.05) is 12.1 Å². The molecule has 5 nitrogen and oxygen atoms in total. The summed E-state index contributed by atoms with van der Waals surface area (Å²) in [7, 11) is 0. The zero-order chi connectivity index (χ0) is 17.8. The molecule has 0 bridgehead atoms. The molecule has 1 saturated heterocycles. The monoisotopic (exact) mass is 350 g/mol. The molecule has 0 spiro atoms. The van der Waals surface area contributed by atoms with Gasteiger partial charge in [-0.2, -0.15) is 0 Å². The van der Waals surface area contributed by atoms with Crippen molar-refractivity contribution in [2.75, 3.05) is 26.2 Å². The Morgan fingerprint density at radius 3 is 2.76 bits per heavy atom. The second kappa shape index (κ2) is 7.76. The molecule has 0 aliphatic carbocycles. The molecule has 1 aliphatic heterocycles. The Hall–Kier alpha value is -2.25. The van der Waals surface area contributed by atoms with Crippen molar-refractivity contribution >= 4 is 5.91 Å². The molecule has 7 heteroatoms. The van der Waals surface area contributed by atoms with Crippen molar-refractivity contribution in [1.82, 2.24) is 9.80 Å². The molecule has 2 aromatic rings. The maximum Gasteiger partial charge on any atom is 0.256 e. The lowest BCUT2D eigenvalue weighted by atomic mass is 10.1. The van der Waals surface area contributed by atoms with Gasteiger partial charge >= 0.3 is 0 Å². The molecule has 1 atom stereocenters. The summed E-state index contributed by atoms with van der Waals surface area (Å²) in [5, 5.41) is 10.2. The lowest BCUT2D eigenvalue weighted by Gasteiger charge is -2.24. The van der Waals surface area contributed by atoms with Gasteiger partial charge in [-0.05, 0) is 24.6 Å². The molecule has 134 valence electrons. The molecule has 1 aliphatic rings. The van der Waals surface area contributed by atoms with Gasteiger partial charge in [0.25, 0.3) is 5.91 Å². The minimum Gasteiger partial charge on any atom is -0.468 e. The molecule has 1 N–H and O–H groups in total. The van der Waals surface area contributed by atoms with Crippen molar-refractivity contribution in [2.24, 2.45) is 0 Å². The maximum absolute atomic E-state index is 13.8. The van der Waals surface area contributed by atoms with Crippen LogP contribution in [0.1, 0.15) is 23.8 Å². The average Bonchev–Trinajstić information content (AvgIpc) is 3.00. The SMILES string of the molecule is O=C(C(O)c1cccc(F)c1F)N1CCCN(Cc2ccco2)CC1. The summed E-state index contributed by atoms with van der Waals surface area (Å²) in [6.45, 7) is 2.92. The number of hydrogen-bond donors (Lipinski definition) is 1. The summed E-state index contributed by atoms with van der Waals surface area (Å²) in [5.41, 5.74) is -0.332. The second-order valence-electron chi connectivity index (χ2n) is 6.08. The highest BCUT2D eigenvalue weighted by molar-refractivity contribution is 5.82. The summed E-state index contributed by atoms with van der Waals surface area (Å²) in [6, 6.07) is 7.17. The smallest absolute Gasteiger partial charge is 0.256 e. The van der Waals surface area contributed by atoms with Gasteiger partial charge in [0.2, 0.25) is 0 Å². The van der Waals surface area contributed by atoms with E-state index >= 15 is 0 Å². The van der Waals surface area contributed by atoms with Crippen LogP contribution in [0.15, 0.2) is 41.0 Å². The van der Waals surface area contributed by atoms with E-state index in [2.05, 4.69) is 4.90 Å². The van der Waals surface area contributed by atoms with Gasteiger partial charge in [0.1, 0.15) is 5.76 Å². The summed E-state index contributed by atoms with van der Waals surface area (Å²) >= 11 is 0. The van der Waals surface area contributed by atoms with Crippen molar-refractivity contribution in [3.63, 3.8) is 0 Å². The zero-order valence-corrected chi connectivity index (χ0v) is 13.7. The van der Waals surface area contributed by atoms with E-state index in [1.54, 1.807) is 6.26 Å².